The summed E-state index contributed by atoms with van der Waals surface area (Å²) < 4.78 is 7.03. The molecule has 1 aliphatic rings. The van der Waals surface area contributed by atoms with E-state index in [4.69, 9.17) is 4.74 Å². The summed E-state index contributed by atoms with van der Waals surface area (Å²) in [5.41, 5.74) is 2.45. The topological polar surface area (TPSA) is 56.1 Å². The largest absolute Gasteiger partial charge is 0.385 e. The maximum atomic E-state index is 11.9. The number of hydrogen-bond acceptors (Lipinski definition) is 3. The van der Waals surface area contributed by atoms with Gasteiger partial charge in [-0.3, -0.25) is 4.79 Å². The molecule has 1 N–H and O–H groups in total. The highest BCUT2D eigenvalue weighted by Crippen LogP contribution is 2.21. The number of aromatic nitrogens is 2. The number of carbonyl (C=O) groups excluding carboxylic acids is 1. The highest BCUT2D eigenvalue weighted by molar-refractivity contribution is 5.75. The lowest BCUT2D eigenvalue weighted by atomic mass is 10.0. The maximum absolute atomic E-state index is 11.9. The van der Waals surface area contributed by atoms with Crippen LogP contribution in [0.25, 0.3) is 0 Å². The van der Waals surface area contributed by atoms with Crippen LogP contribution in [-0.2, 0) is 28.9 Å². The summed E-state index contributed by atoms with van der Waals surface area (Å²) >= 11 is 0. The van der Waals surface area contributed by atoms with Gasteiger partial charge in [0.05, 0.1) is 5.69 Å². The minimum absolute atomic E-state index is 0.0602. The van der Waals surface area contributed by atoms with Crippen molar-refractivity contribution in [3.63, 3.8) is 0 Å². The first-order valence-electron chi connectivity index (χ1n) is 7.03. The molecule has 0 atom stereocenters. The number of nitrogens with zero attached hydrogens (tertiary/aromatic N) is 2. The Kier molecular flexibility index (Phi) is 4.96. The molecule has 1 amide bonds. The van der Waals surface area contributed by atoms with Crippen molar-refractivity contribution in [3.05, 3.63) is 17.2 Å². The van der Waals surface area contributed by atoms with Gasteiger partial charge in [0.2, 0.25) is 5.91 Å². The van der Waals surface area contributed by atoms with E-state index in [-0.39, 0.29) is 5.91 Å². The molecule has 106 valence electrons. The Morgan fingerprint density at radius 1 is 1.42 bits per heavy atom. The lowest BCUT2D eigenvalue weighted by Crippen LogP contribution is -2.30. The minimum Gasteiger partial charge on any atom is -0.385 e. The number of amides is 1. The monoisotopic (exact) mass is 265 g/mol. The molecular formula is C14H23N3O2. The Bertz CT molecular complexity index is 440. The lowest BCUT2D eigenvalue weighted by molar-refractivity contribution is -0.121. The van der Waals surface area contributed by atoms with Gasteiger partial charge >= 0.3 is 0 Å². The molecule has 1 aliphatic carbocycles. The van der Waals surface area contributed by atoms with E-state index in [1.807, 2.05) is 6.92 Å². The molecule has 0 aliphatic heterocycles. The number of aryl methyl sites for hydroxylation is 2. The summed E-state index contributed by atoms with van der Waals surface area (Å²) in [6, 6.07) is 0. The van der Waals surface area contributed by atoms with Crippen LogP contribution in [0.15, 0.2) is 0 Å². The van der Waals surface area contributed by atoms with Gasteiger partial charge in [-0.25, -0.2) is 4.98 Å². The molecule has 2 rings (SSSR count). The molecule has 0 aromatic carbocycles. The van der Waals surface area contributed by atoms with Crippen LogP contribution >= 0.6 is 0 Å². The quantitative estimate of drug-likeness (QED) is 0.787. The van der Waals surface area contributed by atoms with Gasteiger partial charge in [-0.05, 0) is 39.0 Å². The molecule has 0 fully saturated rings. The lowest BCUT2D eigenvalue weighted by Gasteiger charge is -2.14. The number of hydrogen-bond donors (Lipinski definition) is 1. The number of methoxy groups -OCH3 is 1. The molecule has 0 saturated heterocycles. The van der Waals surface area contributed by atoms with Crippen molar-refractivity contribution in [2.45, 2.75) is 45.6 Å². The van der Waals surface area contributed by atoms with Crippen molar-refractivity contribution in [1.29, 1.82) is 0 Å². The van der Waals surface area contributed by atoms with Gasteiger partial charge in [0.1, 0.15) is 12.4 Å². The van der Waals surface area contributed by atoms with Crippen LogP contribution in [0.3, 0.4) is 0 Å². The third kappa shape index (κ3) is 3.56. The highest BCUT2D eigenvalue weighted by Gasteiger charge is 2.19. The predicted octanol–water partition coefficient (Wildman–Crippen LogP) is 1.22. The number of rotatable bonds is 6. The van der Waals surface area contributed by atoms with Gasteiger partial charge in [0.15, 0.2) is 0 Å². The zero-order valence-electron chi connectivity index (χ0n) is 11.9. The fourth-order valence-corrected chi connectivity index (χ4v) is 2.59. The van der Waals surface area contributed by atoms with Crippen LogP contribution in [0.2, 0.25) is 0 Å². The fraction of sp³-hybridized carbons (Fsp3) is 0.714. The van der Waals surface area contributed by atoms with Crippen molar-refractivity contribution in [3.8, 4) is 0 Å². The fourth-order valence-electron chi connectivity index (χ4n) is 2.59. The number of carbonyl (C=O) groups is 1. The number of fused-ring (bicyclic) bond motifs is 1. The van der Waals surface area contributed by atoms with Gasteiger partial charge in [0, 0.05) is 26.0 Å². The van der Waals surface area contributed by atoms with Crippen LogP contribution in [0.4, 0.5) is 0 Å². The Balaban J connectivity index is 1.91. The minimum atomic E-state index is 0.0602. The summed E-state index contributed by atoms with van der Waals surface area (Å²) in [7, 11) is 1.67. The average Bonchev–Trinajstić information content (AvgIpc) is 2.72. The Morgan fingerprint density at radius 3 is 3.00 bits per heavy atom. The summed E-state index contributed by atoms with van der Waals surface area (Å²) in [6.45, 7) is 3.72. The molecule has 1 heterocycles. The van der Waals surface area contributed by atoms with Crippen molar-refractivity contribution >= 4 is 5.91 Å². The summed E-state index contributed by atoms with van der Waals surface area (Å²) in [5.74, 6) is 1.02. The first-order chi connectivity index (χ1) is 9.22. The highest BCUT2D eigenvalue weighted by atomic mass is 16.5. The van der Waals surface area contributed by atoms with E-state index >= 15 is 0 Å². The predicted molar refractivity (Wildman–Crippen MR) is 73.1 cm³/mol. The molecule has 0 unspecified atom stereocenters. The van der Waals surface area contributed by atoms with Crippen LogP contribution in [-0.4, -0.2) is 35.7 Å². The molecule has 5 nitrogen and oxygen atoms in total. The maximum Gasteiger partial charge on any atom is 0.239 e. The third-order valence-corrected chi connectivity index (χ3v) is 3.57. The molecular weight excluding hydrogens is 242 g/mol. The van der Waals surface area contributed by atoms with E-state index in [9.17, 15) is 4.79 Å². The second-order valence-corrected chi connectivity index (χ2v) is 5.04. The van der Waals surface area contributed by atoms with Crippen LogP contribution in [0.1, 0.15) is 36.5 Å². The van der Waals surface area contributed by atoms with Gasteiger partial charge in [-0.15, -0.1) is 0 Å². The molecule has 0 spiro atoms. The zero-order chi connectivity index (χ0) is 13.7. The first kappa shape index (κ1) is 14.1. The molecule has 0 saturated carbocycles. The van der Waals surface area contributed by atoms with Crippen LogP contribution in [0.5, 0.6) is 0 Å². The average molecular weight is 265 g/mol. The van der Waals surface area contributed by atoms with Crippen LogP contribution in [0, 0.1) is 6.92 Å². The van der Waals surface area contributed by atoms with Gasteiger partial charge < -0.3 is 14.6 Å². The van der Waals surface area contributed by atoms with E-state index in [2.05, 4.69) is 14.9 Å². The van der Waals surface area contributed by atoms with Crippen molar-refractivity contribution in [2.24, 2.45) is 0 Å². The van der Waals surface area contributed by atoms with E-state index < -0.39 is 0 Å². The molecule has 19 heavy (non-hydrogen) atoms. The summed E-state index contributed by atoms with van der Waals surface area (Å²) in [4.78, 5) is 16.5. The standard InChI is InChI=1S/C14H23N3O2/c1-11-16-12-6-3-4-7-13(12)17(11)10-14(18)15-8-5-9-19-2/h3-10H2,1-2H3,(H,15,18). The van der Waals surface area contributed by atoms with Gasteiger partial charge in [-0.1, -0.05) is 0 Å². The Labute approximate surface area is 114 Å². The number of ether oxygens (including phenoxy) is 1. The third-order valence-electron chi connectivity index (χ3n) is 3.57. The second kappa shape index (κ2) is 6.70. The van der Waals surface area contributed by atoms with E-state index in [0.29, 0.717) is 19.7 Å². The van der Waals surface area contributed by atoms with Crippen molar-refractivity contribution in [1.82, 2.24) is 14.9 Å². The first-order valence-corrected chi connectivity index (χ1v) is 7.03. The van der Waals surface area contributed by atoms with E-state index in [0.717, 1.165) is 25.1 Å². The van der Waals surface area contributed by atoms with Crippen molar-refractivity contribution < 1.29 is 9.53 Å². The molecule has 0 radical (unpaired) electrons. The van der Waals surface area contributed by atoms with Gasteiger partial charge in [-0.2, -0.15) is 0 Å². The molecule has 0 bridgehead atoms. The number of nitrogens with one attached hydrogen (secondary N) is 1. The second-order valence-electron chi connectivity index (χ2n) is 5.04. The normalized spacial score (nSPS) is 14.2. The summed E-state index contributed by atoms with van der Waals surface area (Å²) in [5, 5.41) is 2.92. The number of imidazole rings is 1. The Hall–Kier alpha value is -1.36. The van der Waals surface area contributed by atoms with Crippen molar-refractivity contribution in [2.75, 3.05) is 20.3 Å². The molecule has 5 heteroatoms. The summed E-state index contributed by atoms with van der Waals surface area (Å²) in [6.07, 6.45) is 5.37. The SMILES string of the molecule is COCCCNC(=O)Cn1c(C)nc2c1CCCC2. The Morgan fingerprint density at radius 2 is 2.21 bits per heavy atom. The van der Waals surface area contributed by atoms with E-state index in [1.165, 1.54) is 24.2 Å². The molecule has 1 aromatic rings. The zero-order valence-corrected chi connectivity index (χ0v) is 11.9. The van der Waals surface area contributed by atoms with Crippen LogP contribution < -0.4 is 5.32 Å². The molecule has 1 aromatic heterocycles. The smallest absolute Gasteiger partial charge is 0.239 e. The van der Waals surface area contributed by atoms with Gasteiger partial charge in [0.25, 0.3) is 0 Å². The van der Waals surface area contributed by atoms with E-state index in [1.54, 1.807) is 7.11 Å².